The van der Waals surface area contributed by atoms with Crippen molar-refractivity contribution < 1.29 is 8.42 Å². The lowest BCUT2D eigenvalue weighted by molar-refractivity contribution is 0.530. The fourth-order valence-electron chi connectivity index (χ4n) is 1.13. The van der Waals surface area contributed by atoms with Crippen molar-refractivity contribution in [3.63, 3.8) is 0 Å². The second kappa shape index (κ2) is 3.06. The van der Waals surface area contributed by atoms with E-state index in [1.165, 1.54) is 0 Å². The van der Waals surface area contributed by atoms with E-state index in [0.29, 0.717) is 0 Å². The molecular weight excluding hydrogens is 182 g/mol. The molecule has 1 saturated heterocycles. The van der Waals surface area contributed by atoms with Crippen LogP contribution in [0.25, 0.3) is 0 Å². The van der Waals surface area contributed by atoms with Crippen LogP contribution in [-0.4, -0.2) is 37.0 Å². The highest BCUT2D eigenvalue weighted by molar-refractivity contribution is 8.16. The molecule has 0 N–H and O–H groups in total. The molecule has 1 fully saturated rings. The van der Waals surface area contributed by atoms with E-state index in [4.69, 9.17) is 12.2 Å². The van der Waals surface area contributed by atoms with E-state index in [9.17, 15) is 8.42 Å². The number of thiocarbonyl (C=S) groups is 1. The highest BCUT2D eigenvalue weighted by atomic mass is 32.2. The highest BCUT2D eigenvalue weighted by Crippen LogP contribution is 2.10. The second-order valence-corrected chi connectivity index (χ2v) is 5.31. The maximum Gasteiger partial charge on any atom is 0.201 e. The molecule has 11 heavy (non-hydrogen) atoms. The Morgan fingerprint density at radius 2 is 1.82 bits per heavy atom. The largest absolute Gasteiger partial charge is 0.353 e. The molecule has 0 aliphatic carbocycles. The van der Waals surface area contributed by atoms with Crippen molar-refractivity contribution in [1.29, 1.82) is 0 Å². The maximum atomic E-state index is 10.9. The van der Waals surface area contributed by atoms with Crippen LogP contribution in [0, 0.1) is 0 Å². The lowest BCUT2D eigenvalue weighted by Crippen LogP contribution is -2.31. The lowest BCUT2D eigenvalue weighted by Gasteiger charge is -2.15. The molecule has 0 saturated carbocycles. The average molecular weight is 193 g/mol. The monoisotopic (exact) mass is 193 g/mol. The summed E-state index contributed by atoms with van der Waals surface area (Å²) in [5.41, 5.74) is 0. The van der Waals surface area contributed by atoms with Gasteiger partial charge in [-0.15, -0.1) is 0 Å². The number of sulfone groups is 1. The number of rotatable bonds is 0. The van der Waals surface area contributed by atoms with E-state index in [2.05, 4.69) is 0 Å². The predicted molar refractivity (Wildman–Crippen MR) is 48.2 cm³/mol. The molecule has 0 aromatic rings. The van der Waals surface area contributed by atoms with Gasteiger partial charge in [0.15, 0.2) is 4.32 Å². The minimum Gasteiger partial charge on any atom is -0.353 e. The zero-order valence-electron chi connectivity index (χ0n) is 6.41. The summed E-state index contributed by atoms with van der Waals surface area (Å²) in [6, 6.07) is 0. The van der Waals surface area contributed by atoms with Crippen LogP contribution in [0.5, 0.6) is 0 Å². The van der Waals surface area contributed by atoms with Gasteiger partial charge in [-0.3, -0.25) is 0 Å². The minimum absolute atomic E-state index is 0.106. The van der Waals surface area contributed by atoms with E-state index >= 15 is 0 Å². The Kier molecular flexibility index (Phi) is 2.49. The Morgan fingerprint density at radius 1 is 1.36 bits per heavy atom. The first kappa shape index (κ1) is 8.93. The molecule has 1 aliphatic rings. The number of nitrogens with zero attached hydrogens (tertiary/aromatic N) is 1. The molecule has 0 bridgehead atoms. The Hall–Kier alpha value is -0.160. The SMILES string of the molecule is CS(=O)(=O)C(=S)N1CCCC1. The van der Waals surface area contributed by atoms with E-state index in [0.717, 1.165) is 32.2 Å². The Bertz CT molecular complexity index is 252. The van der Waals surface area contributed by atoms with Gasteiger partial charge in [0.25, 0.3) is 0 Å². The minimum atomic E-state index is -3.13. The van der Waals surface area contributed by atoms with Crippen LogP contribution in [0.3, 0.4) is 0 Å². The van der Waals surface area contributed by atoms with Crippen molar-refractivity contribution in [2.45, 2.75) is 12.8 Å². The third-order valence-corrected chi connectivity index (χ3v) is 3.74. The summed E-state index contributed by atoms with van der Waals surface area (Å²) in [6.07, 6.45) is 3.26. The summed E-state index contributed by atoms with van der Waals surface area (Å²) in [5.74, 6) is 0. The molecule has 64 valence electrons. The molecule has 1 aliphatic heterocycles. The van der Waals surface area contributed by atoms with Gasteiger partial charge in [0.2, 0.25) is 9.84 Å². The standard InChI is InChI=1S/C6H11NO2S2/c1-11(8,9)6(10)7-4-2-3-5-7/h2-5H2,1H3. The first-order chi connectivity index (χ1) is 5.02. The van der Waals surface area contributed by atoms with Crippen LogP contribution in [0.2, 0.25) is 0 Å². The third kappa shape index (κ3) is 2.13. The average Bonchev–Trinajstić information content (AvgIpc) is 2.34. The van der Waals surface area contributed by atoms with Gasteiger partial charge in [0.1, 0.15) is 0 Å². The van der Waals surface area contributed by atoms with Gasteiger partial charge < -0.3 is 4.90 Å². The van der Waals surface area contributed by atoms with Crippen LogP contribution in [-0.2, 0) is 9.84 Å². The van der Waals surface area contributed by atoms with Crippen molar-refractivity contribution in [1.82, 2.24) is 4.90 Å². The molecule has 0 aromatic heterocycles. The zero-order valence-corrected chi connectivity index (χ0v) is 8.04. The van der Waals surface area contributed by atoms with Crippen molar-refractivity contribution in [2.24, 2.45) is 0 Å². The fraction of sp³-hybridized carbons (Fsp3) is 0.833. The molecule has 0 aromatic carbocycles. The second-order valence-electron chi connectivity index (χ2n) is 2.73. The quantitative estimate of drug-likeness (QED) is 0.522. The molecule has 0 atom stereocenters. The summed E-state index contributed by atoms with van der Waals surface area (Å²) < 4.78 is 22.0. The van der Waals surface area contributed by atoms with Gasteiger partial charge in [-0.2, -0.15) is 0 Å². The summed E-state index contributed by atoms with van der Waals surface area (Å²) >= 11 is 4.79. The molecule has 1 rings (SSSR count). The van der Waals surface area contributed by atoms with Crippen molar-refractivity contribution in [3.8, 4) is 0 Å². The van der Waals surface area contributed by atoms with Crippen LogP contribution in [0.15, 0.2) is 0 Å². The maximum absolute atomic E-state index is 10.9. The fourth-order valence-corrected chi connectivity index (χ4v) is 1.97. The third-order valence-electron chi connectivity index (χ3n) is 1.68. The van der Waals surface area contributed by atoms with E-state index in [1.807, 2.05) is 0 Å². The van der Waals surface area contributed by atoms with Crippen molar-refractivity contribution in [2.75, 3.05) is 19.3 Å². The van der Waals surface area contributed by atoms with Crippen LogP contribution >= 0.6 is 12.2 Å². The predicted octanol–water partition coefficient (Wildman–Crippen LogP) is 0.412. The van der Waals surface area contributed by atoms with Crippen molar-refractivity contribution in [3.05, 3.63) is 0 Å². The first-order valence-electron chi connectivity index (χ1n) is 3.51. The number of hydrogen-bond donors (Lipinski definition) is 0. The summed E-state index contributed by atoms with van der Waals surface area (Å²) in [4.78, 5) is 1.75. The van der Waals surface area contributed by atoms with Gasteiger partial charge in [-0.25, -0.2) is 8.42 Å². The Morgan fingerprint density at radius 3 is 2.18 bits per heavy atom. The number of hydrogen-bond acceptors (Lipinski definition) is 3. The van der Waals surface area contributed by atoms with Gasteiger partial charge in [-0.05, 0) is 25.1 Å². The van der Waals surface area contributed by atoms with Crippen LogP contribution < -0.4 is 0 Å². The first-order valence-corrected chi connectivity index (χ1v) is 5.81. The van der Waals surface area contributed by atoms with Crippen LogP contribution in [0.4, 0.5) is 0 Å². The summed E-state index contributed by atoms with van der Waals surface area (Å²) in [7, 11) is -3.13. The van der Waals surface area contributed by atoms with Gasteiger partial charge in [0, 0.05) is 19.3 Å². The van der Waals surface area contributed by atoms with Gasteiger partial charge in [0.05, 0.1) is 0 Å². The van der Waals surface area contributed by atoms with E-state index in [1.54, 1.807) is 4.90 Å². The molecule has 3 nitrogen and oxygen atoms in total. The summed E-state index contributed by atoms with van der Waals surface area (Å²) in [5, 5.41) is 0. The Balaban J connectivity index is 2.69. The highest BCUT2D eigenvalue weighted by Gasteiger charge is 2.21. The van der Waals surface area contributed by atoms with E-state index in [-0.39, 0.29) is 4.32 Å². The van der Waals surface area contributed by atoms with Crippen molar-refractivity contribution >= 4 is 26.4 Å². The molecule has 0 unspecified atom stereocenters. The summed E-state index contributed by atoms with van der Waals surface area (Å²) in [6.45, 7) is 1.60. The van der Waals surface area contributed by atoms with Crippen LogP contribution in [0.1, 0.15) is 12.8 Å². The molecule has 5 heteroatoms. The molecule has 0 radical (unpaired) electrons. The van der Waals surface area contributed by atoms with Gasteiger partial charge >= 0.3 is 0 Å². The topological polar surface area (TPSA) is 37.4 Å². The number of likely N-dealkylation sites (tertiary alicyclic amines) is 1. The molecule has 0 spiro atoms. The molecule has 0 amide bonds. The molecule has 1 heterocycles. The normalized spacial score (nSPS) is 18.8. The zero-order chi connectivity index (χ0) is 8.48. The van der Waals surface area contributed by atoms with Gasteiger partial charge in [-0.1, -0.05) is 0 Å². The van der Waals surface area contributed by atoms with E-state index < -0.39 is 9.84 Å². The molecular formula is C6H11NO2S2. The Labute approximate surface area is 72.3 Å². The smallest absolute Gasteiger partial charge is 0.201 e. The lowest BCUT2D eigenvalue weighted by atomic mass is 10.4.